The smallest absolute Gasteiger partial charge is 0.391 e. The van der Waals surface area contributed by atoms with Crippen LogP contribution in [0.3, 0.4) is 0 Å². The Bertz CT molecular complexity index is 659. The second-order valence-corrected chi connectivity index (χ2v) is 14.4. The third kappa shape index (κ3) is 28.1. The Labute approximate surface area is 253 Å². The SMILES string of the molecule is CCCCCCCCCCCCCCCCCCC(=O)NC(COP(=O)(O)OCC[N+](C)(C)C)C(O)CCCCC. The summed E-state index contributed by atoms with van der Waals surface area (Å²) in [4.78, 5) is 22.7. The van der Waals surface area contributed by atoms with Crippen LogP contribution in [-0.4, -0.2) is 73.4 Å². The van der Waals surface area contributed by atoms with Gasteiger partial charge in [0.2, 0.25) is 5.91 Å². The summed E-state index contributed by atoms with van der Waals surface area (Å²) in [6.07, 6.45) is 23.4. The van der Waals surface area contributed by atoms with Crippen molar-refractivity contribution >= 4 is 13.7 Å². The maximum absolute atomic E-state index is 12.6. The largest absolute Gasteiger partial charge is 0.472 e. The molecule has 0 spiro atoms. The van der Waals surface area contributed by atoms with Crippen LogP contribution < -0.4 is 5.32 Å². The van der Waals surface area contributed by atoms with Gasteiger partial charge in [0.25, 0.3) is 0 Å². The first kappa shape index (κ1) is 40.5. The minimum Gasteiger partial charge on any atom is -0.391 e. The Balaban J connectivity index is 4.13. The molecule has 0 rings (SSSR count). The zero-order valence-electron chi connectivity index (χ0n) is 27.5. The van der Waals surface area contributed by atoms with Crippen molar-refractivity contribution in [1.29, 1.82) is 0 Å². The van der Waals surface area contributed by atoms with E-state index in [1.54, 1.807) is 0 Å². The number of aliphatic hydroxyl groups excluding tert-OH is 1. The Hall–Kier alpha value is -0.500. The number of carbonyl (C=O) groups is 1. The molecule has 3 N–H and O–H groups in total. The van der Waals surface area contributed by atoms with E-state index in [4.69, 9.17) is 9.05 Å². The third-order valence-corrected chi connectivity index (χ3v) is 8.59. The van der Waals surface area contributed by atoms with Crippen LogP contribution in [0.2, 0.25) is 0 Å². The standard InChI is InChI=1S/C32H67N2O6P/c1-6-8-10-11-12-13-14-15-16-17-18-19-20-21-22-24-26-32(36)33-30(31(35)25-23-9-7-2)29-40-41(37,38)39-28-27-34(3,4)5/h30-31,35H,6-29H2,1-5H3,(H-,33,36,37,38)/p+1. The molecule has 9 heteroatoms. The van der Waals surface area contributed by atoms with Gasteiger partial charge >= 0.3 is 7.82 Å². The summed E-state index contributed by atoms with van der Waals surface area (Å²) in [5.41, 5.74) is 0. The van der Waals surface area contributed by atoms with E-state index in [0.717, 1.165) is 38.5 Å². The lowest BCUT2D eigenvalue weighted by molar-refractivity contribution is -0.870. The molecule has 0 aliphatic rings. The van der Waals surface area contributed by atoms with E-state index in [0.29, 0.717) is 23.9 Å². The van der Waals surface area contributed by atoms with Gasteiger partial charge in [0.1, 0.15) is 13.2 Å². The van der Waals surface area contributed by atoms with Crippen LogP contribution in [0.15, 0.2) is 0 Å². The van der Waals surface area contributed by atoms with Crippen LogP contribution >= 0.6 is 7.82 Å². The van der Waals surface area contributed by atoms with Crippen molar-refractivity contribution in [2.24, 2.45) is 0 Å². The zero-order chi connectivity index (χ0) is 30.8. The lowest BCUT2D eigenvalue weighted by Gasteiger charge is -2.26. The van der Waals surface area contributed by atoms with Crippen molar-refractivity contribution < 1.29 is 32.9 Å². The molecule has 1 amide bonds. The molecule has 0 aliphatic carbocycles. The molecule has 0 aromatic rings. The number of rotatable bonds is 30. The molecule has 0 radical (unpaired) electrons. The van der Waals surface area contributed by atoms with E-state index in [1.807, 2.05) is 21.1 Å². The number of nitrogens with zero attached hydrogens (tertiary/aromatic N) is 1. The quantitative estimate of drug-likeness (QED) is 0.0435. The fourth-order valence-electron chi connectivity index (χ4n) is 4.81. The molecule has 8 nitrogen and oxygen atoms in total. The predicted molar refractivity (Wildman–Crippen MR) is 171 cm³/mol. The van der Waals surface area contributed by atoms with Crippen molar-refractivity contribution in [2.75, 3.05) is 40.9 Å². The van der Waals surface area contributed by atoms with Gasteiger partial charge in [0, 0.05) is 6.42 Å². The highest BCUT2D eigenvalue weighted by atomic mass is 31.2. The van der Waals surface area contributed by atoms with E-state index in [2.05, 4.69) is 19.2 Å². The van der Waals surface area contributed by atoms with Gasteiger partial charge in [-0.05, 0) is 12.8 Å². The first-order valence-electron chi connectivity index (χ1n) is 16.9. The molecule has 0 bridgehead atoms. The molecular weight excluding hydrogens is 539 g/mol. The van der Waals surface area contributed by atoms with Crippen molar-refractivity contribution in [1.82, 2.24) is 5.32 Å². The number of carbonyl (C=O) groups excluding carboxylic acids is 1. The van der Waals surface area contributed by atoms with Gasteiger partial charge in [0.15, 0.2) is 0 Å². The van der Waals surface area contributed by atoms with Gasteiger partial charge in [0.05, 0.1) is 39.9 Å². The van der Waals surface area contributed by atoms with E-state index in [9.17, 15) is 19.4 Å². The molecule has 0 heterocycles. The predicted octanol–water partition coefficient (Wildman–Crippen LogP) is 7.90. The summed E-state index contributed by atoms with van der Waals surface area (Å²) in [5, 5.41) is 13.5. The number of phosphoric ester groups is 1. The van der Waals surface area contributed by atoms with Gasteiger partial charge in [-0.3, -0.25) is 13.8 Å². The number of nitrogens with one attached hydrogen (secondary N) is 1. The number of unbranched alkanes of at least 4 members (excludes halogenated alkanes) is 17. The molecular formula is C32H68N2O6P+. The number of hydrogen-bond donors (Lipinski definition) is 3. The van der Waals surface area contributed by atoms with Gasteiger partial charge in [-0.25, -0.2) is 4.57 Å². The minimum absolute atomic E-state index is 0.0760. The van der Waals surface area contributed by atoms with E-state index >= 15 is 0 Å². The maximum atomic E-state index is 12.6. The fraction of sp³-hybridized carbons (Fsp3) is 0.969. The van der Waals surface area contributed by atoms with Crippen LogP contribution in [0.25, 0.3) is 0 Å². The van der Waals surface area contributed by atoms with E-state index < -0.39 is 20.0 Å². The number of likely N-dealkylation sites (N-methyl/N-ethyl adjacent to an activating group) is 1. The third-order valence-electron chi connectivity index (χ3n) is 7.61. The van der Waals surface area contributed by atoms with Gasteiger partial charge < -0.3 is 19.8 Å². The minimum atomic E-state index is -4.27. The highest BCUT2D eigenvalue weighted by molar-refractivity contribution is 7.47. The first-order valence-corrected chi connectivity index (χ1v) is 18.4. The van der Waals surface area contributed by atoms with Gasteiger partial charge in [-0.15, -0.1) is 0 Å². The van der Waals surface area contributed by atoms with Crippen LogP contribution in [0.1, 0.15) is 149 Å². The average molecular weight is 608 g/mol. The molecule has 3 atom stereocenters. The maximum Gasteiger partial charge on any atom is 0.472 e. The summed E-state index contributed by atoms with van der Waals surface area (Å²) in [6, 6.07) is -0.747. The normalized spacial score (nSPS) is 15.0. The molecule has 0 saturated carbocycles. The zero-order valence-corrected chi connectivity index (χ0v) is 28.4. The molecule has 0 aliphatic heterocycles. The van der Waals surface area contributed by atoms with Crippen LogP contribution in [0.5, 0.6) is 0 Å². The lowest BCUT2D eigenvalue weighted by atomic mass is 10.0. The fourth-order valence-corrected chi connectivity index (χ4v) is 5.54. The molecule has 0 saturated heterocycles. The summed E-state index contributed by atoms with van der Waals surface area (Å²) in [5.74, 6) is -0.155. The molecule has 0 fully saturated rings. The Morgan fingerprint density at radius 3 is 1.63 bits per heavy atom. The second kappa shape index (κ2) is 25.9. The first-order chi connectivity index (χ1) is 19.5. The second-order valence-electron chi connectivity index (χ2n) is 12.9. The van der Waals surface area contributed by atoms with E-state index in [1.165, 1.54) is 83.5 Å². The summed E-state index contributed by atoms with van der Waals surface area (Å²) >= 11 is 0. The average Bonchev–Trinajstić information content (AvgIpc) is 2.90. The molecule has 3 unspecified atom stereocenters. The Kier molecular flexibility index (Phi) is 25.6. The summed E-state index contributed by atoms with van der Waals surface area (Å²) in [7, 11) is 1.61. The molecule has 0 aromatic heterocycles. The van der Waals surface area contributed by atoms with Crippen LogP contribution in [-0.2, 0) is 18.4 Å². The lowest BCUT2D eigenvalue weighted by Crippen LogP contribution is -2.46. The highest BCUT2D eigenvalue weighted by Gasteiger charge is 2.28. The van der Waals surface area contributed by atoms with Crippen molar-refractivity contribution in [3.8, 4) is 0 Å². The number of aliphatic hydroxyl groups is 1. The molecule has 41 heavy (non-hydrogen) atoms. The molecule has 0 aromatic carbocycles. The topological polar surface area (TPSA) is 105 Å². The summed E-state index contributed by atoms with van der Waals surface area (Å²) in [6.45, 7) is 4.71. The highest BCUT2D eigenvalue weighted by Crippen LogP contribution is 2.43. The van der Waals surface area contributed by atoms with Crippen molar-refractivity contribution in [3.63, 3.8) is 0 Å². The number of quaternary nitrogens is 1. The molecule has 246 valence electrons. The van der Waals surface area contributed by atoms with Gasteiger partial charge in [-0.1, -0.05) is 129 Å². The number of hydrogen-bond acceptors (Lipinski definition) is 5. The van der Waals surface area contributed by atoms with Gasteiger partial charge in [-0.2, -0.15) is 0 Å². The summed E-state index contributed by atoms with van der Waals surface area (Å²) < 4.78 is 23.2. The van der Waals surface area contributed by atoms with Crippen molar-refractivity contribution in [3.05, 3.63) is 0 Å². The monoisotopic (exact) mass is 607 g/mol. The van der Waals surface area contributed by atoms with Crippen LogP contribution in [0.4, 0.5) is 0 Å². The van der Waals surface area contributed by atoms with Crippen LogP contribution in [0, 0.1) is 0 Å². The van der Waals surface area contributed by atoms with Crippen molar-refractivity contribution in [2.45, 2.75) is 161 Å². The Morgan fingerprint density at radius 2 is 1.17 bits per heavy atom. The number of amides is 1. The Morgan fingerprint density at radius 1 is 0.732 bits per heavy atom. The van der Waals surface area contributed by atoms with E-state index in [-0.39, 0.29) is 19.1 Å². The number of phosphoric acid groups is 1.